The van der Waals surface area contributed by atoms with Crippen molar-refractivity contribution in [2.75, 3.05) is 29.1 Å². The van der Waals surface area contributed by atoms with E-state index in [1.54, 1.807) is 12.4 Å². The van der Waals surface area contributed by atoms with Crippen LogP contribution in [-0.4, -0.2) is 43.8 Å². The zero-order valence-corrected chi connectivity index (χ0v) is 17.1. The average Bonchev–Trinajstić information content (AvgIpc) is 3.38. The summed E-state index contributed by atoms with van der Waals surface area (Å²) in [7, 11) is 1.87. The molecule has 0 aliphatic heterocycles. The molecule has 0 saturated heterocycles. The molecule has 4 rings (SSSR count). The van der Waals surface area contributed by atoms with Crippen LogP contribution in [0.2, 0.25) is 0 Å². The first kappa shape index (κ1) is 19.8. The van der Waals surface area contributed by atoms with E-state index in [1.165, 1.54) is 11.3 Å². The third-order valence-corrected chi connectivity index (χ3v) is 5.03. The van der Waals surface area contributed by atoms with Gasteiger partial charge < -0.3 is 25.6 Å². The van der Waals surface area contributed by atoms with Gasteiger partial charge in [0.05, 0.1) is 12.0 Å². The number of anilines is 3. The summed E-state index contributed by atoms with van der Waals surface area (Å²) in [5.74, 6) is 1.12. The molecule has 3 aromatic heterocycles. The van der Waals surface area contributed by atoms with E-state index < -0.39 is 0 Å². The fraction of sp³-hybridized carbons (Fsp3) is 0.200. The van der Waals surface area contributed by atoms with Crippen LogP contribution in [-0.2, 0) is 7.05 Å². The highest BCUT2D eigenvalue weighted by Gasteiger charge is 2.14. The Kier molecular flexibility index (Phi) is 5.87. The third kappa shape index (κ3) is 4.39. The molecule has 0 unspecified atom stereocenters. The lowest BCUT2D eigenvalue weighted by Gasteiger charge is -2.10. The van der Waals surface area contributed by atoms with Gasteiger partial charge >= 0.3 is 6.03 Å². The van der Waals surface area contributed by atoms with Gasteiger partial charge in [0.1, 0.15) is 5.52 Å². The number of hydrogen-bond donors (Lipinski definition) is 4. The van der Waals surface area contributed by atoms with Gasteiger partial charge in [0, 0.05) is 36.8 Å². The maximum Gasteiger partial charge on any atom is 0.323 e. The molecule has 1 aromatic carbocycles. The van der Waals surface area contributed by atoms with Crippen LogP contribution in [0.5, 0.6) is 0 Å². The summed E-state index contributed by atoms with van der Waals surface area (Å²) in [6.07, 6.45) is 2.29. The van der Waals surface area contributed by atoms with Gasteiger partial charge in [-0.1, -0.05) is 12.1 Å². The van der Waals surface area contributed by atoms with Crippen molar-refractivity contribution in [1.29, 1.82) is 0 Å². The summed E-state index contributed by atoms with van der Waals surface area (Å²) in [4.78, 5) is 25.9. The van der Waals surface area contributed by atoms with E-state index >= 15 is 0 Å². The van der Waals surface area contributed by atoms with Crippen LogP contribution >= 0.6 is 11.3 Å². The van der Waals surface area contributed by atoms with E-state index in [2.05, 4.69) is 30.9 Å². The molecule has 0 saturated carbocycles. The molecule has 154 valence electrons. The maximum atomic E-state index is 12.2. The van der Waals surface area contributed by atoms with E-state index in [9.17, 15) is 4.79 Å². The second kappa shape index (κ2) is 8.89. The molecule has 2 amide bonds. The number of thiophene rings is 1. The molecule has 3 heterocycles. The number of aliphatic hydroxyl groups is 1. The summed E-state index contributed by atoms with van der Waals surface area (Å²) in [5, 5.41) is 21.6. The van der Waals surface area contributed by atoms with Crippen LogP contribution in [0, 0.1) is 0 Å². The van der Waals surface area contributed by atoms with Crippen LogP contribution < -0.4 is 16.0 Å². The molecule has 10 heteroatoms. The van der Waals surface area contributed by atoms with Gasteiger partial charge in [-0.05, 0) is 30.0 Å². The molecule has 0 fully saturated rings. The van der Waals surface area contributed by atoms with Crippen molar-refractivity contribution >= 4 is 45.7 Å². The van der Waals surface area contributed by atoms with Crippen molar-refractivity contribution in [2.24, 2.45) is 7.05 Å². The minimum atomic E-state index is -0.320. The van der Waals surface area contributed by atoms with E-state index in [0.717, 1.165) is 11.3 Å². The molecule has 0 spiro atoms. The molecule has 30 heavy (non-hydrogen) atoms. The summed E-state index contributed by atoms with van der Waals surface area (Å²) in [6.45, 7) is 0.667. The van der Waals surface area contributed by atoms with E-state index in [1.807, 2.05) is 46.6 Å². The molecule has 0 aliphatic carbocycles. The molecule has 0 radical (unpaired) electrons. The first-order valence-electron chi connectivity index (χ1n) is 9.38. The van der Waals surface area contributed by atoms with E-state index in [0.29, 0.717) is 41.5 Å². The number of fused-ring (bicyclic) bond motifs is 1. The van der Waals surface area contributed by atoms with Gasteiger partial charge in [-0.2, -0.15) is 11.3 Å². The minimum absolute atomic E-state index is 0.0947. The van der Waals surface area contributed by atoms with Crippen molar-refractivity contribution in [3.63, 3.8) is 0 Å². The number of nitrogens with one attached hydrogen (secondary N) is 3. The molecule has 4 N–H and O–H groups in total. The van der Waals surface area contributed by atoms with Gasteiger partial charge in [-0.15, -0.1) is 0 Å². The SMILES string of the molecule is Cn1cnc2c(NCCCO)nc(-c3cccc(NC(=O)Nc4ccsc4)c3)nc21. The number of hydrogen-bond acceptors (Lipinski definition) is 7. The zero-order chi connectivity index (χ0) is 20.9. The van der Waals surface area contributed by atoms with Gasteiger partial charge in [0.15, 0.2) is 17.3 Å². The lowest BCUT2D eigenvalue weighted by atomic mass is 10.2. The fourth-order valence-corrected chi connectivity index (χ4v) is 3.50. The van der Waals surface area contributed by atoms with Crippen LogP contribution in [0.1, 0.15) is 6.42 Å². The first-order valence-corrected chi connectivity index (χ1v) is 10.3. The number of amides is 2. The number of benzene rings is 1. The highest BCUT2D eigenvalue weighted by Crippen LogP contribution is 2.25. The summed E-state index contributed by atoms with van der Waals surface area (Å²) >= 11 is 1.51. The van der Waals surface area contributed by atoms with Crippen LogP contribution in [0.25, 0.3) is 22.6 Å². The van der Waals surface area contributed by atoms with Crippen molar-refractivity contribution in [2.45, 2.75) is 6.42 Å². The molecule has 4 aromatic rings. The Balaban J connectivity index is 1.60. The molecular formula is C20H21N7O2S. The number of aromatic nitrogens is 4. The Labute approximate surface area is 176 Å². The predicted molar refractivity (Wildman–Crippen MR) is 119 cm³/mol. The van der Waals surface area contributed by atoms with Gasteiger partial charge in [-0.25, -0.2) is 19.7 Å². The van der Waals surface area contributed by atoms with Crippen molar-refractivity contribution in [3.05, 3.63) is 47.4 Å². The number of aliphatic hydroxyl groups excluding tert-OH is 1. The van der Waals surface area contributed by atoms with E-state index in [4.69, 9.17) is 5.11 Å². The number of rotatable bonds is 7. The largest absolute Gasteiger partial charge is 0.396 e. The Morgan fingerprint density at radius 2 is 2.07 bits per heavy atom. The van der Waals surface area contributed by atoms with Crippen LogP contribution in [0.15, 0.2) is 47.4 Å². The monoisotopic (exact) mass is 423 g/mol. The Morgan fingerprint density at radius 3 is 2.87 bits per heavy atom. The maximum absolute atomic E-state index is 12.2. The number of nitrogens with zero attached hydrogens (tertiary/aromatic N) is 4. The summed E-state index contributed by atoms with van der Waals surface area (Å²) in [5.41, 5.74) is 3.50. The minimum Gasteiger partial charge on any atom is -0.396 e. The number of aryl methyl sites for hydroxylation is 1. The second-order valence-corrected chi connectivity index (χ2v) is 7.38. The lowest BCUT2D eigenvalue weighted by Crippen LogP contribution is -2.18. The molecule has 9 nitrogen and oxygen atoms in total. The highest BCUT2D eigenvalue weighted by atomic mass is 32.1. The Morgan fingerprint density at radius 1 is 1.20 bits per heavy atom. The second-order valence-electron chi connectivity index (χ2n) is 6.60. The molecule has 0 aliphatic rings. The quantitative estimate of drug-likeness (QED) is 0.338. The van der Waals surface area contributed by atoms with Crippen molar-refractivity contribution in [1.82, 2.24) is 19.5 Å². The van der Waals surface area contributed by atoms with Crippen molar-refractivity contribution in [3.8, 4) is 11.4 Å². The Bertz CT molecular complexity index is 1160. The molecule has 0 atom stereocenters. The van der Waals surface area contributed by atoms with Crippen molar-refractivity contribution < 1.29 is 9.90 Å². The fourth-order valence-electron chi connectivity index (χ4n) is 2.91. The number of urea groups is 1. The van der Waals surface area contributed by atoms with E-state index in [-0.39, 0.29) is 12.6 Å². The van der Waals surface area contributed by atoms with Gasteiger partial charge in [0.2, 0.25) is 0 Å². The summed E-state index contributed by atoms with van der Waals surface area (Å²) in [6, 6.07) is 8.87. The summed E-state index contributed by atoms with van der Waals surface area (Å²) < 4.78 is 1.83. The third-order valence-electron chi connectivity index (χ3n) is 4.34. The normalized spacial score (nSPS) is 10.9. The zero-order valence-electron chi connectivity index (χ0n) is 16.3. The van der Waals surface area contributed by atoms with Gasteiger partial charge in [0.25, 0.3) is 0 Å². The van der Waals surface area contributed by atoms with Gasteiger partial charge in [-0.3, -0.25) is 0 Å². The highest BCUT2D eigenvalue weighted by molar-refractivity contribution is 7.08. The first-order chi connectivity index (χ1) is 14.6. The lowest BCUT2D eigenvalue weighted by molar-refractivity contribution is 0.262. The molecule has 0 bridgehead atoms. The Hall–Kier alpha value is -3.50. The average molecular weight is 424 g/mol. The predicted octanol–water partition coefficient (Wildman–Crippen LogP) is 3.53. The van der Waals surface area contributed by atoms with Crippen LogP contribution in [0.3, 0.4) is 0 Å². The molecular weight excluding hydrogens is 402 g/mol. The van der Waals surface area contributed by atoms with Crippen LogP contribution in [0.4, 0.5) is 22.0 Å². The standard InChI is InChI=1S/C20H21N7O2S/c1-27-12-22-16-18(21-7-3-8-28)25-17(26-19(16)27)13-4-2-5-14(10-13)23-20(29)24-15-6-9-30-11-15/h2,4-6,9-12,28H,3,7-8H2,1H3,(H,21,25,26)(H2,23,24,29). The topological polar surface area (TPSA) is 117 Å². The smallest absolute Gasteiger partial charge is 0.323 e. The number of carbonyl (C=O) groups excluding carboxylic acids is 1. The number of imidazole rings is 1. The number of carbonyl (C=O) groups is 1.